The van der Waals surface area contributed by atoms with Gasteiger partial charge < -0.3 is 35.0 Å². The number of ether oxygens (including phenoxy) is 2. The van der Waals surface area contributed by atoms with Crippen molar-refractivity contribution in [3.63, 3.8) is 0 Å². The first-order chi connectivity index (χ1) is 11.4. The van der Waals surface area contributed by atoms with E-state index in [4.69, 9.17) is 14.6 Å². The second-order valence-electron chi connectivity index (χ2n) is 5.27. The molecular formula is C16H24O8. The van der Waals surface area contributed by atoms with E-state index in [9.17, 15) is 25.2 Å². The van der Waals surface area contributed by atoms with Crippen molar-refractivity contribution in [2.45, 2.75) is 37.8 Å². The molecule has 0 unspecified atom stereocenters. The fourth-order valence-corrected chi connectivity index (χ4v) is 1.81. The van der Waals surface area contributed by atoms with Crippen LogP contribution in [-0.2, 0) is 4.74 Å². The lowest BCUT2D eigenvalue weighted by atomic mass is 10.0. The number of aliphatic hydroxyl groups excluding tert-OH is 5. The molecule has 136 valence electrons. The van der Waals surface area contributed by atoms with E-state index in [-0.39, 0.29) is 5.56 Å². The third kappa shape index (κ3) is 6.06. The lowest BCUT2D eigenvalue weighted by Crippen LogP contribution is -2.47. The highest BCUT2D eigenvalue weighted by atomic mass is 16.5. The molecule has 0 aliphatic heterocycles. The Morgan fingerprint density at radius 3 is 2.17 bits per heavy atom. The highest BCUT2D eigenvalue weighted by Gasteiger charge is 2.30. The molecule has 0 saturated carbocycles. The van der Waals surface area contributed by atoms with Gasteiger partial charge in [-0.25, -0.2) is 4.79 Å². The maximum absolute atomic E-state index is 11.8. The predicted octanol–water partition coefficient (Wildman–Crippen LogP) is -0.932. The lowest BCUT2D eigenvalue weighted by Gasteiger charge is -2.25. The number of aliphatic hydroxyl groups is 5. The highest BCUT2D eigenvalue weighted by Crippen LogP contribution is 2.14. The van der Waals surface area contributed by atoms with Gasteiger partial charge in [-0.2, -0.15) is 0 Å². The van der Waals surface area contributed by atoms with Gasteiger partial charge in [-0.1, -0.05) is 6.92 Å². The summed E-state index contributed by atoms with van der Waals surface area (Å²) in [6, 6.07) is 6.22. The lowest BCUT2D eigenvalue weighted by molar-refractivity contribution is -0.124. The minimum Gasteiger partial charge on any atom is -0.494 e. The number of carbonyl (C=O) groups is 1. The third-order valence-corrected chi connectivity index (χ3v) is 3.27. The van der Waals surface area contributed by atoms with Gasteiger partial charge in [0.25, 0.3) is 0 Å². The molecule has 5 N–H and O–H groups in total. The van der Waals surface area contributed by atoms with Crippen LogP contribution >= 0.6 is 0 Å². The average molecular weight is 344 g/mol. The first kappa shape index (κ1) is 20.3. The number of carbonyl (C=O) groups excluding carboxylic acids is 1. The van der Waals surface area contributed by atoms with E-state index >= 15 is 0 Å². The van der Waals surface area contributed by atoms with E-state index in [0.29, 0.717) is 12.4 Å². The molecule has 4 atom stereocenters. The molecule has 0 aliphatic carbocycles. The van der Waals surface area contributed by atoms with Gasteiger partial charge in [0.2, 0.25) is 0 Å². The van der Waals surface area contributed by atoms with Crippen LogP contribution < -0.4 is 4.74 Å². The van der Waals surface area contributed by atoms with Gasteiger partial charge in [0.05, 0.1) is 18.8 Å². The Labute approximate surface area is 139 Å². The molecule has 1 aromatic carbocycles. The summed E-state index contributed by atoms with van der Waals surface area (Å²) < 4.78 is 10.2. The van der Waals surface area contributed by atoms with Crippen molar-refractivity contribution in [2.24, 2.45) is 0 Å². The fourth-order valence-electron chi connectivity index (χ4n) is 1.81. The zero-order valence-electron chi connectivity index (χ0n) is 13.4. The zero-order valence-corrected chi connectivity index (χ0v) is 13.4. The van der Waals surface area contributed by atoms with E-state index in [0.717, 1.165) is 6.42 Å². The predicted molar refractivity (Wildman–Crippen MR) is 83.6 cm³/mol. The molecule has 0 spiro atoms. The molecule has 0 heterocycles. The number of hydrogen-bond acceptors (Lipinski definition) is 8. The Morgan fingerprint density at radius 1 is 1.04 bits per heavy atom. The summed E-state index contributed by atoms with van der Waals surface area (Å²) in [7, 11) is 0. The van der Waals surface area contributed by atoms with Crippen molar-refractivity contribution in [3.8, 4) is 5.75 Å². The van der Waals surface area contributed by atoms with Crippen molar-refractivity contribution in [3.05, 3.63) is 29.8 Å². The molecule has 0 radical (unpaired) electrons. The van der Waals surface area contributed by atoms with Gasteiger partial charge in [0.1, 0.15) is 36.8 Å². The Hall–Kier alpha value is -1.71. The monoisotopic (exact) mass is 344 g/mol. The van der Waals surface area contributed by atoms with Crippen LogP contribution in [0.1, 0.15) is 23.7 Å². The first-order valence-corrected chi connectivity index (χ1v) is 7.63. The van der Waals surface area contributed by atoms with Crippen molar-refractivity contribution in [2.75, 3.05) is 19.8 Å². The van der Waals surface area contributed by atoms with E-state index in [1.807, 2.05) is 6.92 Å². The molecule has 1 aromatic rings. The van der Waals surface area contributed by atoms with E-state index in [2.05, 4.69) is 0 Å². The molecule has 0 amide bonds. The Kier molecular flexibility index (Phi) is 8.66. The molecule has 24 heavy (non-hydrogen) atoms. The number of hydrogen-bond donors (Lipinski definition) is 5. The van der Waals surface area contributed by atoms with Crippen LogP contribution in [0.15, 0.2) is 24.3 Å². The quantitative estimate of drug-likeness (QED) is 0.343. The van der Waals surface area contributed by atoms with E-state index in [1.165, 1.54) is 12.1 Å². The van der Waals surface area contributed by atoms with Crippen molar-refractivity contribution < 1.29 is 39.8 Å². The van der Waals surface area contributed by atoms with Gasteiger partial charge in [-0.3, -0.25) is 0 Å². The van der Waals surface area contributed by atoms with Gasteiger partial charge in [-0.15, -0.1) is 0 Å². The Balaban J connectivity index is 2.50. The van der Waals surface area contributed by atoms with Crippen LogP contribution in [-0.4, -0.2) is 75.7 Å². The first-order valence-electron chi connectivity index (χ1n) is 7.63. The van der Waals surface area contributed by atoms with Crippen LogP contribution in [0.25, 0.3) is 0 Å². The molecule has 0 aliphatic rings. The highest BCUT2D eigenvalue weighted by molar-refractivity contribution is 5.89. The summed E-state index contributed by atoms with van der Waals surface area (Å²) in [6.07, 6.45) is -5.90. The second-order valence-corrected chi connectivity index (χ2v) is 5.27. The average Bonchev–Trinajstić information content (AvgIpc) is 2.62. The summed E-state index contributed by atoms with van der Waals surface area (Å²) in [5.41, 5.74) is 0.233. The van der Waals surface area contributed by atoms with Crippen LogP contribution in [0.3, 0.4) is 0 Å². The van der Waals surface area contributed by atoms with Gasteiger partial charge in [-0.05, 0) is 30.7 Å². The molecular weight excluding hydrogens is 320 g/mol. The summed E-state index contributed by atoms with van der Waals surface area (Å²) in [6.45, 7) is 1.18. The minimum atomic E-state index is -1.77. The molecule has 0 aromatic heterocycles. The molecule has 8 heteroatoms. The van der Waals surface area contributed by atoms with Crippen LogP contribution in [0.5, 0.6) is 5.75 Å². The second kappa shape index (κ2) is 10.2. The maximum Gasteiger partial charge on any atom is 0.338 e. The van der Waals surface area contributed by atoms with Crippen molar-refractivity contribution >= 4 is 5.97 Å². The summed E-state index contributed by atoms with van der Waals surface area (Å²) in [5.74, 6) is -0.106. The van der Waals surface area contributed by atoms with Gasteiger partial charge in [0.15, 0.2) is 0 Å². The molecule has 0 bridgehead atoms. The number of benzene rings is 1. The summed E-state index contributed by atoms with van der Waals surface area (Å²) >= 11 is 0. The van der Waals surface area contributed by atoms with Crippen LogP contribution in [0, 0.1) is 0 Å². The number of rotatable bonds is 10. The SMILES string of the molecule is CCCOc1ccc(C(=O)OC[C@H](O)[C@@H](O)[C@H](O)[C@H](O)CO)cc1. The summed E-state index contributed by atoms with van der Waals surface area (Å²) in [5, 5.41) is 46.6. The standard InChI is InChI=1S/C16H24O8/c1-2-7-23-11-5-3-10(4-6-11)16(22)24-9-13(19)15(21)14(20)12(18)8-17/h3-6,12-15,17-21H,2,7-9H2,1H3/t12-,13+,14-,15-/m1/s1. The third-order valence-electron chi connectivity index (χ3n) is 3.27. The molecule has 1 rings (SSSR count). The largest absolute Gasteiger partial charge is 0.494 e. The van der Waals surface area contributed by atoms with Crippen molar-refractivity contribution in [1.29, 1.82) is 0 Å². The van der Waals surface area contributed by atoms with Gasteiger partial charge >= 0.3 is 5.97 Å². The normalized spacial score (nSPS) is 16.1. The zero-order chi connectivity index (χ0) is 18.1. The van der Waals surface area contributed by atoms with Crippen LogP contribution in [0.2, 0.25) is 0 Å². The van der Waals surface area contributed by atoms with E-state index < -0.39 is 43.6 Å². The molecule has 0 saturated heterocycles. The fraction of sp³-hybridized carbons (Fsp3) is 0.562. The van der Waals surface area contributed by atoms with Crippen LogP contribution in [0.4, 0.5) is 0 Å². The van der Waals surface area contributed by atoms with Crippen molar-refractivity contribution in [1.82, 2.24) is 0 Å². The van der Waals surface area contributed by atoms with E-state index in [1.54, 1.807) is 12.1 Å². The number of esters is 1. The minimum absolute atomic E-state index is 0.233. The smallest absolute Gasteiger partial charge is 0.338 e. The Bertz CT molecular complexity index is 489. The summed E-state index contributed by atoms with van der Waals surface area (Å²) in [4.78, 5) is 11.8. The molecule has 8 nitrogen and oxygen atoms in total. The topological polar surface area (TPSA) is 137 Å². The van der Waals surface area contributed by atoms with Gasteiger partial charge in [0, 0.05) is 0 Å². The maximum atomic E-state index is 11.8. The Morgan fingerprint density at radius 2 is 1.62 bits per heavy atom. The molecule has 0 fully saturated rings.